The maximum Gasteiger partial charge on any atom is 0.316 e. The van der Waals surface area contributed by atoms with Crippen LogP contribution in [-0.2, 0) is 14.3 Å². The van der Waals surface area contributed by atoms with Gasteiger partial charge in [-0.15, -0.1) is 0 Å². The molecule has 4 nitrogen and oxygen atoms in total. The minimum absolute atomic E-state index is 0.484. The Bertz CT molecular complexity index is 282. The molecular formula is C10H14O4. The second-order valence-electron chi connectivity index (χ2n) is 3.64. The molecule has 0 aromatic heterocycles. The van der Waals surface area contributed by atoms with E-state index in [1.54, 1.807) is 13.0 Å². The lowest BCUT2D eigenvalue weighted by Gasteiger charge is -2.32. The molecule has 0 saturated heterocycles. The van der Waals surface area contributed by atoms with Gasteiger partial charge >= 0.3 is 11.9 Å². The number of allylic oxidation sites excluding steroid dienone is 1. The molecule has 0 saturated carbocycles. The number of rotatable bonds is 2. The van der Waals surface area contributed by atoms with E-state index >= 15 is 0 Å². The van der Waals surface area contributed by atoms with Crippen molar-refractivity contribution in [1.29, 1.82) is 0 Å². The van der Waals surface area contributed by atoms with Crippen molar-refractivity contribution in [3.63, 3.8) is 0 Å². The monoisotopic (exact) mass is 198 g/mol. The Hall–Kier alpha value is -1.32. The average molecular weight is 198 g/mol. The first kappa shape index (κ1) is 10.8. The lowest BCUT2D eigenvalue weighted by molar-refractivity contribution is -0.161. The topological polar surface area (TPSA) is 63.6 Å². The van der Waals surface area contributed by atoms with E-state index in [1.165, 1.54) is 7.11 Å². The minimum atomic E-state index is -1.02. The third kappa shape index (κ3) is 1.64. The van der Waals surface area contributed by atoms with Crippen molar-refractivity contribution in [2.45, 2.75) is 19.8 Å². The van der Waals surface area contributed by atoms with Gasteiger partial charge in [0.2, 0.25) is 0 Å². The number of aliphatic carboxylic acids is 1. The summed E-state index contributed by atoms with van der Waals surface area (Å²) in [7, 11) is 1.27. The van der Waals surface area contributed by atoms with Crippen molar-refractivity contribution in [3.8, 4) is 0 Å². The highest BCUT2D eigenvalue weighted by Gasteiger charge is 2.45. The third-order valence-electron chi connectivity index (χ3n) is 2.73. The molecule has 0 aromatic carbocycles. The highest BCUT2D eigenvalue weighted by atomic mass is 16.5. The van der Waals surface area contributed by atoms with Gasteiger partial charge in [-0.3, -0.25) is 9.59 Å². The summed E-state index contributed by atoms with van der Waals surface area (Å²) in [5.74, 6) is -2.11. The number of carbonyl (C=O) groups excluding carboxylic acids is 1. The van der Waals surface area contributed by atoms with Gasteiger partial charge < -0.3 is 9.84 Å². The zero-order chi connectivity index (χ0) is 10.8. The lowest BCUT2D eigenvalue weighted by atomic mass is 9.71. The Morgan fingerprint density at radius 2 is 2.21 bits per heavy atom. The van der Waals surface area contributed by atoms with Gasteiger partial charge in [-0.05, 0) is 19.8 Å². The standard InChI is InChI=1S/C10H14O4/c1-10(9(13)14-2)6-4-3-5-7(10)8(11)12/h4,6-7H,3,5H2,1-2H3,(H,11,12). The molecule has 1 aliphatic rings. The Morgan fingerprint density at radius 1 is 1.57 bits per heavy atom. The summed E-state index contributed by atoms with van der Waals surface area (Å²) in [6.45, 7) is 1.60. The highest BCUT2D eigenvalue weighted by molar-refractivity contribution is 5.86. The molecule has 1 aliphatic carbocycles. The summed E-state index contributed by atoms with van der Waals surface area (Å²) in [5.41, 5.74) is -1.02. The molecule has 0 radical (unpaired) electrons. The van der Waals surface area contributed by atoms with E-state index < -0.39 is 23.3 Å². The molecule has 0 heterocycles. The van der Waals surface area contributed by atoms with Crippen LogP contribution >= 0.6 is 0 Å². The average Bonchev–Trinajstić information content (AvgIpc) is 2.16. The van der Waals surface area contributed by atoms with Crippen LogP contribution in [0.15, 0.2) is 12.2 Å². The summed E-state index contributed by atoms with van der Waals surface area (Å²) in [5, 5.41) is 8.98. The summed E-state index contributed by atoms with van der Waals surface area (Å²) in [6.07, 6.45) is 4.65. The molecule has 78 valence electrons. The fourth-order valence-corrected chi connectivity index (χ4v) is 1.82. The van der Waals surface area contributed by atoms with Crippen LogP contribution in [0.5, 0.6) is 0 Å². The van der Waals surface area contributed by atoms with Crippen molar-refractivity contribution < 1.29 is 19.4 Å². The summed E-state index contributed by atoms with van der Waals surface area (Å²) >= 11 is 0. The molecular weight excluding hydrogens is 184 g/mol. The van der Waals surface area contributed by atoms with E-state index in [4.69, 9.17) is 5.11 Å². The molecule has 0 fully saturated rings. The maximum atomic E-state index is 11.5. The van der Waals surface area contributed by atoms with Crippen molar-refractivity contribution in [2.24, 2.45) is 11.3 Å². The van der Waals surface area contributed by atoms with Crippen molar-refractivity contribution in [3.05, 3.63) is 12.2 Å². The van der Waals surface area contributed by atoms with E-state index in [0.29, 0.717) is 12.8 Å². The molecule has 2 unspecified atom stereocenters. The quantitative estimate of drug-likeness (QED) is 0.535. The largest absolute Gasteiger partial charge is 0.481 e. The lowest BCUT2D eigenvalue weighted by Crippen LogP contribution is -2.41. The van der Waals surface area contributed by atoms with Gasteiger partial charge in [-0.1, -0.05) is 12.2 Å². The number of carbonyl (C=O) groups is 2. The van der Waals surface area contributed by atoms with Crippen LogP contribution in [0.3, 0.4) is 0 Å². The van der Waals surface area contributed by atoms with Gasteiger partial charge in [0.05, 0.1) is 18.4 Å². The number of esters is 1. The van der Waals surface area contributed by atoms with Gasteiger partial charge in [0.1, 0.15) is 0 Å². The van der Waals surface area contributed by atoms with Crippen LogP contribution in [0.25, 0.3) is 0 Å². The van der Waals surface area contributed by atoms with E-state index in [-0.39, 0.29) is 0 Å². The molecule has 0 spiro atoms. The van der Waals surface area contributed by atoms with Gasteiger partial charge in [0.15, 0.2) is 0 Å². The molecule has 4 heteroatoms. The minimum Gasteiger partial charge on any atom is -0.481 e. The number of carboxylic acids is 1. The van der Waals surface area contributed by atoms with Crippen LogP contribution in [0.1, 0.15) is 19.8 Å². The third-order valence-corrected chi connectivity index (χ3v) is 2.73. The SMILES string of the molecule is COC(=O)C1(C)C=CCCC1C(=O)O. The van der Waals surface area contributed by atoms with Crippen LogP contribution in [0.4, 0.5) is 0 Å². The zero-order valence-corrected chi connectivity index (χ0v) is 8.32. The molecule has 1 rings (SSSR count). The summed E-state index contributed by atoms with van der Waals surface area (Å²) in [6, 6.07) is 0. The van der Waals surface area contributed by atoms with Crippen molar-refractivity contribution in [2.75, 3.05) is 7.11 Å². The van der Waals surface area contributed by atoms with Gasteiger partial charge in [0, 0.05) is 0 Å². The number of hydrogen-bond donors (Lipinski definition) is 1. The number of methoxy groups -OCH3 is 1. The normalized spacial score (nSPS) is 31.1. The number of ether oxygens (including phenoxy) is 1. The summed E-state index contributed by atoms with van der Waals surface area (Å²) < 4.78 is 4.62. The van der Waals surface area contributed by atoms with Gasteiger partial charge in [0.25, 0.3) is 0 Å². The molecule has 0 aromatic rings. The van der Waals surface area contributed by atoms with Gasteiger partial charge in [-0.2, -0.15) is 0 Å². The van der Waals surface area contributed by atoms with Gasteiger partial charge in [-0.25, -0.2) is 0 Å². The van der Waals surface area contributed by atoms with E-state index in [0.717, 1.165) is 0 Å². The van der Waals surface area contributed by atoms with Crippen LogP contribution < -0.4 is 0 Å². The first-order valence-electron chi connectivity index (χ1n) is 4.51. The first-order chi connectivity index (χ1) is 6.52. The zero-order valence-electron chi connectivity index (χ0n) is 8.32. The Balaban J connectivity index is 3.01. The molecule has 14 heavy (non-hydrogen) atoms. The summed E-state index contributed by atoms with van der Waals surface area (Å²) in [4.78, 5) is 22.4. The number of hydrogen-bond acceptors (Lipinski definition) is 3. The Labute approximate surface area is 82.6 Å². The van der Waals surface area contributed by atoms with E-state index in [2.05, 4.69) is 4.74 Å². The molecule has 0 amide bonds. The van der Waals surface area contributed by atoms with Crippen molar-refractivity contribution >= 4 is 11.9 Å². The molecule has 2 atom stereocenters. The fourth-order valence-electron chi connectivity index (χ4n) is 1.82. The Kier molecular flexibility index (Phi) is 2.93. The van der Waals surface area contributed by atoms with E-state index in [1.807, 2.05) is 6.08 Å². The predicted octanol–water partition coefficient (Wildman–Crippen LogP) is 1.22. The Morgan fingerprint density at radius 3 is 2.71 bits per heavy atom. The molecule has 1 N–H and O–H groups in total. The second kappa shape index (κ2) is 3.82. The molecule has 0 bridgehead atoms. The maximum absolute atomic E-state index is 11.5. The van der Waals surface area contributed by atoms with E-state index in [9.17, 15) is 9.59 Å². The highest BCUT2D eigenvalue weighted by Crippen LogP contribution is 2.37. The van der Waals surface area contributed by atoms with Crippen molar-refractivity contribution in [1.82, 2.24) is 0 Å². The predicted molar refractivity (Wildman–Crippen MR) is 49.6 cm³/mol. The van der Waals surface area contributed by atoms with Crippen LogP contribution in [-0.4, -0.2) is 24.2 Å². The fraction of sp³-hybridized carbons (Fsp3) is 0.600. The smallest absolute Gasteiger partial charge is 0.316 e. The number of carboxylic acid groups (broad SMARTS) is 1. The van der Waals surface area contributed by atoms with Crippen LogP contribution in [0.2, 0.25) is 0 Å². The molecule has 0 aliphatic heterocycles. The second-order valence-corrected chi connectivity index (χ2v) is 3.64. The first-order valence-corrected chi connectivity index (χ1v) is 4.51. The van der Waals surface area contributed by atoms with Crippen LogP contribution in [0, 0.1) is 11.3 Å².